The van der Waals surface area contributed by atoms with Crippen LogP contribution in [0.1, 0.15) is 42.9 Å². The van der Waals surface area contributed by atoms with Gasteiger partial charge in [0.2, 0.25) is 5.91 Å². The number of aromatic nitrogens is 1. The molecule has 3 rings (SSSR count). The number of hydrogen-bond acceptors (Lipinski definition) is 4. The molecule has 1 aliphatic carbocycles. The number of rotatable bonds is 6. The fourth-order valence-electron chi connectivity index (χ4n) is 3.37. The first kappa shape index (κ1) is 17.1. The van der Waals surface area contributed by atoms with Crippen LogP contribution in [0.3, 0.4) is 0 Å². The van der Waals surface area contributed by atoms with Gasteiger partial charge >= 0.3 is 0 Å². The van der Waals surface area contributed by atoms with E-state index < -0.39 is 0 Å². The number of methoxy groups -OCH3 is 1. The minimum Gasteiger partial charge on any atom is -0.381 e. The summed E-state index contributed by atoms with van der Waals surface area (Å²) in [4.78, 5) is 17.0. The van der Waals surface area contributed by atoms with Crippen LogP contribution in [0, 0.1) is 5.92 Å². The van der Waals surface area contributed by atoms with Crippen molar-refractivity contribution in [1.82, 2.24) is 10.3 Å². The van der Waals surface area contributed by atoms with Crippen LogP contribution in [0.25, 0.3) is 0 Å². The molecular formula is C19H24N2O2S. The van der Waals surface area contributed by atoms with Crippen molar-refractivity contribution in [3.05, 3.63) is 52.5 Å². The van der Waals surface area contributed by atoms with E-state index in [9.17, 15) is 4.79 Å². The third-order valence-electron chi connectivity index (χ3n) is 4.75. The van der Waals surface area contributed by atoms with E-state index in [-0.39, 0.29) is 24.0 Å². The molecule has 2 heterocycles. The van der Waals surface area contributed by atoms with Gasteiger partial charge in [-0.15, -0.1) is 0 Å². The second kappa shape index (κ2) is 8.40. The molecule has 1 aliphatic rings. The molecule has 1 N–H and O–H groups in total. The first-order chi connectivity index (χ1) is 11.8. The SMILES string of the molecule is CO[C@@H]1CCC[C@H](C(=O)N[C@H](Cc2ccsc2)c2cccnc2)C1. The van der Waals surface area contributed by atoms with Gasteiger partial charge in [-0.3, -0.25) is 9.78 Å². The average Bonchev–Trinajstić information content (AvgIpc) is 3.15. The molecule has 3 atom stereocenters. The molecule has 1 amide bonds. The van der Waals surface area contributed by atoms with Crippen LogP contribution >= 0.6 is 11.3 Å². The molecule has 0 bridgehead atoms. The van der Waals surface area contributed by atoms with Gasteiger partial charge in [0.25, 0.3) is 0 Å². The third kappa shape index (κ3) is 4.42. The Morgan fingerprint density at radius 1 is 1.46 bits per heavy atom. The minimum absolute atomic E-state index is 0.0382. The number of thiophene rings is 1. The Hall–Kier alpha value is -1.72. The summed E-state index contributed by atoms with van der Waals surface area (Å²) >= 11 is 1.68. The average molecular weight is 344 g/mol. The highest BCUT2D eigenvalue weighted by atomic mass is 32.1. The van der Waals surface area contributed by atoms with E-state index in [2.05, 4.69) is 27.1 Å². The molecule has 2 aromatic rings. The fraction of sp³-hybridized carbons (Fsp3) is 0.474. The Kier molecular flexibility index (Phi) is 5.99. The highest BCUT2D eigenvalue weighted by Crippen LogP contribution is 2.27. The van der Waals surface area contributed by atoms with Crippen molar-refractivity contribution in [1.29, 1.82) is 0 Å². The van der Waals surface area contributed by atoms with E-state index in [0.717, 1.165) is 37.7 Å². The van der Waals surface area contributed by atoms with Gasteiger partial charge in [-0.1, -0.05) is 12.5 Å². The summed E-state index contributed by atoms with van der Waals surface area (Å²) in [7, 11) is 1.74. The van der Waals surface area contributed by atoms with Gasteiger partial charge < -0.3 is 10.1 Å². The van der Waals surface area contributed by atoms with E-state index in [1.807, 2.05) is 18.3 Å². The Morgan fingerprint density at radius 2 is 2.38 bits per heavy atom. The Labute approximate surface area is 147 Å². The van der Waals surface area contributed by atoms with Crippen molar-refractivity contribution in [2.75, 3.05) is 7.11 Å². The maximum absolute atomic E-state index is 12.8. The number of nitrogens with zero attached hydrogens (tertiary/aromatic N) is 1. The zero-order valence-corrected chi connectivity index (χ0v) is 14.8. The summed E-state index contributed by atoms with van der Waals surface area (Å²) < 4.78 is 5.46. The topological polar surface area (TPSA) is 51.2 Å². The van der Waals surface area contributed by atoms with E-state index in [1.165, 1.54) is 5.56 Å². The first-order valence-corrected chi connectivity index (χ1v) is 9.44. The fourth-order valence-corrected chi connectivity index (χ4v) is 4.05. The normalized spacial score (nSPS) is 22.0. The molecule has 1 fully saturated rings. The first-order valence-electron chi connectivity index (χ1n) is 8.50. The zero-order chi connectivity index (χ0) is 16.8. The zero-order valence-electron chi connectivity index (χ0n) is 14.0. The Morgan fingerprint density at radius 3 is 3.08 bits per heavy atom. The molecule has 0 radical (unpaired) electrons. The molecule has 2 aromatic heterocycles. The van der Waals surface area contributed by atoms with Crippen LogP contribution in [-0.2, 0) is 16.0 Å². The number of nitrogens with one attached hydrogen (secondary N) is 1. The number of carbonyl (C=O) groups excluding carboxylic acids is 1. The summed E-state index contributed by atoms with van der Waals surface area (Å²) in [6, 6.07) is 6.03. The predicted octanol–water partition coefficient (Wildman–Crippen LogP) is 3.75. The Balaban J connectivity index is 1.70. The van der Waals surface area contributed by atoms with Gasteiger partial charge in [-0.05, 0) is 59.7 Å². The number of amides is 1. The van der Waals surface area contributed by atoms with Crippen LogP contribution in [0.2, 0.25) is 0 Å². The molecule has 128 valence electrons. The monoisotopic (exact) mass is 344 g/mol. The number of carbonyl (C=O) groups is 1. The lowest BCUT2D eigenvalue weighted by atomic mass is 9.86. The van der Waals surface area contributed by atoms with Crippen LogP contribution in [0.15, 0.2) is 41.4 Å². The van der Waals surface area contributed by atoms with Crippen molar-refractivity contribution in [2.24, 2.45) is 5.92 Å². The van der Waals surface area contributed by atoms with Gasteiger partial charge in [-0.25, -0.2) is 0 Å². The van der Waals surface area contributed by atoms with Gasteiger partial charge in [-0.2, -0.15) is 11.3 Å². The molecular weight excluding hydrogens is 320 g/mol. The second-order valence-corrected chi connectivity index (χ2v) is 7.18. The molecule has 0 aliphatic heterocycles. The Bertz CT molecular complexity index is 630. The highest BCUT2D eigenvalue weighted by molar-refractivity contribution is 7.07. The van der Waals surface area contributed by atoms with Crippen molar-refractivity contribution in [3.8, 4) is 0 Å². The van der Waals surface area contributed by atoms with Crippen LogP contribution < -0.4 is 5.32 Å². The van der Waals surface area contributed by atoms with E-state index in [0.29, 0.717) is 0 Å². The standard InChI is InChI=1S/C19H24N2O2S/c1-23-17-6-2-4-15(11-17)19(22)21-18(10-14-7-9-24-13-14)16-5-3-8-20-12-16/h3,5,7-9,12-13,15,17-18H,2,4,6,10-11H2,1H3,(H,21,22)/t15-,17+,18+/m0/s1. The van der Waals surface area contributed by atoms with Crippen LogP contribution in [0.4, 0.5) is 0 Å². The summed E-state index contributed by atoms with van der Waals surface area (Å²) in [6.07, 6.45) is 8.49. The predicted molar refractivity (Wildman–Crippen MR) is 95.9 cm³/mol. The lowest BCUT2D eigenvalue weighted by Crippen LogP contribution is -2.38. The van der Waals surface area contributed by atoms with Gasteiger partial charge in [0, 0.05) is 25.4 Å². The molecule has 24 heavy (non-hydrogen) atoms. The largest absolute Gasteiger partial charge is 0.381 e. The summed E-state index contributed by atoms with van der Waals surface area (Å²) in [5, 5.41) is 7.46. The summed E-state index contributed by atoms with van der Waals surface area (Å²) in [6.45, 7) is 0. The number of ether oxygens (including phenoxy) is 1. The molecule has 0 unspecified atom stereocenters. The van der Waals surface area contributed by atoms with Crippen molar-refractivity contribution < 1.29 is 9.53 Å². The maximum atomic E-state index is 12.8. The van der Waals surface area contributed by atoms with Gasteiger partial charge in [0.1, 0.15) is 0 Å². The third-order valence-corrected chi connectivity index (χ3v) is 5.49. The lowest BCUT2D eigenvalue weighted by Gasteiger charge is -2.29. The van der Waals surface area contributed by atoms with E-state index in [4.69, 9.17) is 4.74 Å². The van der Waals surface area contributed by atoms with Crippen LogP contribution in [-0.4, -0.2) is 24.1 Å². The molecule has 0 aromatic carbocycles. The number of pyridine rings is 1. The van der Waals surface area contributed by atoms with Gasteiger partial charge in [0.15, 0.2) is 0 Å². The molecule has 1 saturated carbocycles. The highest BCUT2D eigenvalue weighted by Gasteiger charge is 2.28. The molecule has 5 heteroatoms. The van der Waals surface area contributed by atoms with Crippen molar-refractivity contribution >= 4 is 17.2 Å². The lowest BCUT2D eigenvalue weighted by molar-refractivity contribution is -0.128. The van der Waals surface area contributed by atoms with Gasteiger partial charge in [0.05, 0.1) is 12.1 Å². The second-order valence-electron chi connectivity index (χ2n) is 6.40. The molecule has 4 nitrogen and oxygen atoms in total. The number of hydrogen-bond donors (Lipinski definition) is 1. The molecule has 0 spiro atoms. The van der Waals surface area contributed by atoms with E-state index >= 15 is 0 Å². The summed E-state index contributed by atoms with van der Waals surface area (Å²) in [5.41, 5.74) is 2.30. The summed E-state index contributed by atoms with van der Waals surface area (Å²) in [5.74, 6) is 0.186. The van der Waals surface area contributed by atoms with Crippen molar-refractivity contribution in [3.63, 3.8) is 0 Å². The van der Waals surface area contributed by atoms with Crippen molar-refractivity contribution in [2.45, 2.75) is 44.2 Å². The molecule has 0 saturated heterocycles. The maximum Gasteiger partial charge on any atom is 0.223 e. The minimum atomic E-state index is -0.0382. The smallest absolute Gasteiger partial charge is 0.223 e. The van der Waals surface area contributed by atoms with E-state index in [1.54, 1.807) is 24.6 Å². The quantitative estimate of drug-likeness (QED) is 0.868. The van der Waals surface area contributed by atoms with Crippen LogP contribution in [0.5, 0.6) is 0 Å².